The zero-order valence-electron chi connectivity index (χ0n) is 14.4. The minimum atomic E-state index is -0.568. The fraction of sp³-hybridized carbons (Fsp3) is 0.333. The van der Waals surface area contributed by atoms with Gasteiger partial charge < -0.3 is 19.4 Å². The van der Waals surface area contributed by atoms with Crippen molar-refractivity contribution in [2.45, 2.75) is 19.5 Å². The first-order valence-electron chi connectivity index (χ1n) is 8.50. The highest BCUT2D eigenvalue weighted by molar-refractivity contribution is 6.01. The van der Waals surface area contributed by atoms with Crippen LogP contribution in [0.25, 0.3) is 0 Å². The third-order valence-electron chi connectivity index (χ3n) is 4.70. The van der Waals surface area contributed by atoms with Crippen LogP contribution >= 0.6 is 0 Å². The van der Waals surface area contributed by atoms with Crippen molar-refractivity contribution in [3.8, 4) is 11.5 Å². The van der Waals surface area contributed by atoms with Crippen molar-refractivity contribution in [3.05, 3.63) is 42.2 Å². The minimum absolute atomic E-state index is 0.126. The predicted octanol–water partition coefficient (Wildman–Crippen LogP) is 1.94. The lowest BCUT2D eigenvalue weighted by molar-refractivity contribution is -0.121. The van der Waals surface area contributed by atoms with Gasteiger partial charge in [0.05, 0.1) is 6.54 Å². The Morgan fingerprint density at radius 2 is 2.04 bits per heavy atom. The predicted molar refractivity (Wildman–Crippen MR) is 94.1 cm³/mol. The van der Waals surface area contributed by atoms with Crippen LogP contribution in [0.1, 0.15) is 18.7 Å². The first-order chi connectivity index (χ1) is 12.6. The van der Waals surface area contributed by atoms with Gasteiger partial charge in [-0.3, -0.25) is 15.0 Å². The van der Waals surface area contributed by atoms with Gasteiger partial charge in [-0.1, -0.05) is 0 Å². The maximum absolute atomic E-state index is 12.2. The summed E-state index contributed by atoms with van der Waals surface area (Å²) in [5.41, 5.74) is 1.71. The molecule has 3 amide bonds. The number of carbonyl (C=O) groups excluding carboxylic acids is 2. The van der Waals surface area contributed by atoms with Crippen molar-refractivity contribution in [2.24, 2.45) is 0 Å². The number of benzene rings is 1. The number of imide groups is 1. The summed E-state index contributed by atoms with van der Waals surface area (Å²) in [5.74, 6) is 0.866. The SMILES string of the molecule is C[C@H]1c2cccn2CCN1CC(=O)NC(=O)Nc1ccc2c(c1)OCO2. The molecular formula is C18H20N4O4. The largest absolute Gasteiger partial charge is 0.454 e. The van der Waals surface area contributed by atoms with Crippen LogP contribution in [0.2, 0.25) is 0 Å². The topological polar surface area (TPSA) is 84.8 Å². The Bertz CT molecular complexity index is 847. The summed E-state index contributed by atoms with van der Waals surface area (Å²) >= 11 is 0. The van der Waals surface area contributed by atoms with Gasteiger partial charge in [0.2, 0.25) is 12.7 Å². The number of aromatic nitrogens is 1. The Morgan fingerprint density at radius 3 is 2.92 bits per heavy atom. The van der Waals surface area contributed by atoms with E-state index in [4.69, 9.17) is 9.47 Å². The Hall–Kier alpha value is -3.00. The molecule has 3 heterocycles. The van der Waals surface area contributed by atoms with E-state index in [1.165, 1.54) is 5.69 Å². The Morgan fingerprint density at radius 1 is 1.19 bits per heavy atom. The summed E-state index contributed by atoms with van der Waals surface area (Å²) in [6, 6.07) is 8.69. The molecule has 2 N–H and O–H groups in total. The summed E-state index contributed by atoms with van der Waals surface area (Å²) in [6.45, 7) is 4.00. The number of rotatable bonds is 3. The molecule has 4 rings (SSSR count). The smallest absolute Gasteiger partial charge is 0.325 e. The average Bonchev–Trinajstić information content (AvgIpc) is 3.26. The molecule has 8 nitrogen and oxygen atoms in total. The fourth-order valence-electron chi connectivity index (χ4n) is 3.33. The number of fused-ring (bicyclic) bond motifs is 2. The molecule has 1 atom stereocenters. The van der Waals surface area contributed by atoms with E-state index in [0.29, 0.717) is 17.2 Å². The van der Waals surface area contributed by atoms with Crippen molar-refractivity contribution in [2.75, 3.05) is 25.2 Å². The number of amides is 3. The van der Waals surface area contributed by atoms with Gasteiger partial charge in [-0.25, -0.2) is 4.79 Å². The van der Waals surface area contributed by atoms with E-state index >= 15 is 0 Å². The molecule has 0 unspecified atom stereocenters. The molecule has 2 aliphatic heterocycles. The van der Waals surface area contributed by atoms with Crippen molar-refractivity contribution in [3.63, 3.8) is 0 Å². The van der Waals surface area contributed by atoms with E-state index in [1.807, 2.05) is 12.3 Å². The van der Waals surface area contributed by atoms with E-state index in [9.17, 15) is 9.59 Å². The second-order valence-corrected chi connectivity index (χ2v) is 6.34. The first kappa shape index (κ1) is 16.5. The standard InChI is InChI=1S/C18H20N4O4/c1-12-14-3-2-6-21(14)7-8-22(12)10-17(23)20-18(24)19-13-4-5-15-16(9-13)26-11-25-15/h2-6,9,12H,7-8,10-11H2,1H3,(H2,19,20,23,24)/t12-/m0/s1. The monoisotopic (exact) mass is 356 g/mol. The number of ether oxygens (including phenoxy) is 2. The number of anilines is 1. The Labute approximate surface area is 150 Å². The van der Waals surface area contributed by atoms with Crippen LogP contribution < -0.4 is 20.1 Å². The van der Waals surface area contributed by atoms with Crippen molar-refractivity contribution in [1.82, 2.24) is 14.8 Å². The summed E-state index contributed by atoms with van der Waals surface area (Å²) in [6.07, 6.45) is 2.04. The fourth-order valence-corrected chi connectivity index (χ4v) is 3.33. The van der Waals surface area contributed by atoms with Crippen LogP contribution in [0, 0.1) is 0 Å². The summed E-state index contributed by atoms with van der Waals surface area (Å²) in [4.78, 5) is 26.3. The highest BCUT2D eigenvalue weighted by Crippen LogP contribution is 2.34. The lowest BCUT2D eigenvalue weighted by atomic mass is 10.1. The maximum Gasteiger partial charge on any atom is 0.325 e. The Balaban J connectivity index is 1.31. The molecule has 0 radical (unpaired) electrons. The summed E-state index contributed by atoms with van der Waals surface area (Å²) in [5, 5.41) is 5.01. The van der Waals surface area contributed by atoms with E-state index < -0.39 is 6.03 Å². The van der Waals surface area contributed by atoms with Crippen LogP contribution in [0.5, 0.6) is 11.5 Å². The highest BCUT2D eigenvalue weighted by atomic mass is 16.7. The zero-order valence-corrected chi connectivity index (χ0v) is 14.4. The molecule has 0 saturated heterocycles. The van der Waals surface area contributed by atoms with Crippen molar-refractivity contribution >= 4 is 17.6 Å². The van der Waals surface area contributed by atoms with Crippen LogP contribution in [0.3, 0.4) is 0 Å². The third-order valence-corrected chi connectivity index (χ3v) is 4.70. The molecule has 1 aromatic heterocycles. The van der Waals surface area contributed by atoms with Gasteiger partial charge in [0.15, 0.2) is 11.5 Å². The summed E-state index contributed by atoms with van der Waals surface area (Å²) < 4.78 is 12.7. The minimum Gasteiger partial charge on any atom is -0.454 e. The Kier molecular flexibility index (Phi) is 4.26. The molecule has 2 aromatic rings. The highest BCUT2D eigenvalue weighted by Gasteiger charge is 2.25. The molecule has 0 bridgehead atoms. The van der Waals surface area contributed by atoms with Crippen molar-refractivity contribution in [1.29, 1.82) is 0 Å². The second-order valence-electron chi connectivity index (χ2n) is 6.34. The lowest BCUT2D eigenvalue weighted by Gasteiger charge is -2.34. The molecule has 0 fully saturated rings. The van der Waals surface area contributed by atoms with Crippen LogP contribution in [0.4, 0.5) is 10.5 Å². The van der Waals surface area contributed by atoms with Gasteiger partial charge >= 0.3 is 6.03 Å². The number of hydrogen-bond acceptors (Lipinski definition) is 5. The molecule has 0 spiro atoms. The molecule has 8 heteroatoms. The number of urea groups is 1. The van der Waals surface area contributed by atoms with Gasteiger partial charge in [-0.2, -0.15) is 0 Å². The van der Waals surface area contributed by atoms with E-state index in [1.54, 1.807) is 18.2 Å². The molecule has 0 aliphatic carbocycles. The molecule has 0 saturated carbocycles. The summed E-state index contributed by atoms with van der Waals surface area (Å²) in [7, 11) is 0. The van der Waals surface area contributed by atoms with Gasteiger partial charge in [-0.15, -0.1) is 0 Å². The molecule has 2 aliphatic rings. The van der Waals surface area contributed by atoms with Crippen LogP contribution in [-0.2, 0) is 11.3 Å². The van der Waals surface area contributed by atoms with Gasteiger partial charge in [-0.05, 0) is 31.2 Å². The third kappa shape index (κ3) is 3.23. The van der Waals surface area contributed by atoms with E-state index in [-0.39, 0.29) is 25.3 Å². The van der Waals surface area contributed by atoms with E-state index in [2.05, 4.69) is 33.1 Å². The van der Waals surface area contributed by atoms with E-state index in [0.717, 1.165) is 13.1 Å². The lowest BCUT2D eigenvalue weighted by Crippen LogP contribution is -2.45. The molecule has 1 aromatic carbocycles. The normalized spacial score (nSPS) is 18.3. The number of nitrogens with one attached hydrogen (secondary N) is 2. The van der Waals surface area contributed by atoms with Crippen LogP contribution in [0.15, 0.2) is 36.5 Å². The number of carbonyl (C=O) groups is 2. The van der Waals surface area contributed by atoms with Gasteiger partial charge in [0, 0.05) is 42.8 Å². The molecular weight excluding hydrogens is 336 g/mol. The number of nitrogens with zero attached hydrogens (tertiary/aromatic N) is 2. The quantitative estimate of drug-likeness (QED) is 0.878. The first-order valence-corrected chi connectivity index (χ1v) is 8.50. The average molecular weight is 356 g/mol. The maximum atomic E-state index is 12.2. The number of hydrogen-bond donors (Lipinski definition) is 2. The second kappa shape index (κ2) is 6.72. The van der Waals surface area contributed by atoms with Crippen LogP contribution in [-0.4, -0.2) is 41.3 Å². The van der Waals surface area contributed by atoms with Gasteiger partial charge in [0.25, 0.3) is 0 Å². The zero-order chi connectivity index (χ0) is 18.1. The van der Waals surface area contributed by atoms with Gasteiger partial charge in [0.1, 0.15) is 0 Å². The molecule has 136 valence electrons. The van der Waals surface area contributed by atoms with Crippen molar-refractivity contribution < 1.29 is 19.1 Å². The molecule has 26 heavy (non-hydrogen) atoms.